The number of nitrogens with one attached hydrogen (secondary N) is 1. The van der Waals surface area contributed by atoms with Crippen LogP contribution in [0.3, 0.4) is 0 Å². The summed E-state index contributed by atoms with van der Waals surface area (Å²) in [5.74, 6) is 0.490. The molecule has 5 heteroatoms. The van der Waals surface area contributed by atoms with Gasteiger partial charge in [0.1, 0.15) is 11.9 Å². The van der Waals surface area contributed by atoms with Crippen molar-refractivity contribution in [3.63, 3.8) is 0 Å². The number of nitrogens with zero attached hydrogens (tertiary/aromatic N) is 2. The smallest absolute Gasteiger partial charge is 0.358 e. The monoisotopic (exact) mass is 305 g/mol. The van der Waals surface area contributed by atoms with E-state index in [1.54, 1.807) is 12.1 Å². The summed E-state index contributed by atoms with van der Waals surface area (Å²) in [6, 6.07) is 15.7. The quantitative estimate of drug-likeness (QED) is 0.557. The molecule has 1 aliphatic carbocycles. The van der Waals surface area contributed by atoms with Crippen LogP contribution in [0.4, 0.5) is 17.2 Å². The Morgan fingerprint density at radius 2 is 1.78 bits per heavy atom. The van der Waals surface area contributed by atoms with E-state index in [4.69, 9.17) is 0 Å². The summed E-state index contributed by atoms with van der Waals surface area (Å²) in [4.78, 5) is 14.5. The minimum Gasteiger partial charge on any atom is -0.358 e. The Morgan fingerprint density at radius 1 is 1.00 bits per heavy atom. The topological polar surface area (TPSA) is 68.1 Å². The van der Waals surface area contributed by atoms with E-state index in [9.17, 15) is 10.1 Å². The third-order valence-electron chi connectivity index (χ3n) is 4.20. The van der Waals surface area contributed by atoms with Gasteiger partial charge in [0.05, 0.1) is 0 Å². The van der Waals surface area contributed by atoms with Crippen molar-refractivity contribution in [3.8, 4) is 0 Å². The molecule has 1 saturated carbocycles. The van der Waals surface area contributed by atoms with Crippen LogP contribution >= 0.6 is 0 Å². The highest BCUT2D eigenvalue weighted by molar-refractivity contribution is 5.98. The maximum atomic E-state index is 11.1. The predicted molar refractivity (Wildman–Crippen MR) is 90.1 cm³/mol. The molecule has 4 rings (SSSR count). The normalized spacial score (nSPS) is 13.9. The lowest BCUT2D eigenvalue weighted by molar-refractivity contribution is -0.388. The molecule has 0 spiro atoms. The van der Waals surface area contributed by atoms with Gasteiger partial charge in [-0.3, -0.25) is 0 Å². The zero-order valence-electron chi connectivity index (χ0n) is 12.4. The summed E-state index contributed by atoms with van der Waals surface area (Å²) in [5, 5.41) is 16.6. The fraction of sp³-hybridized carbons (Fsp3) is 0.167. The number of anilines is 2. The molecule has 0 aliphatic heterocycles. The van der Waals surface area contributed by atoms with Crippen molar-refractivity contribution in [1.29, 1.82) is 0 Å². The molecule has 0 unspecified atom stereocenters. The second-order valence-corrected chi connectivity index (χ2v) is 5.78. The van der Waals surface area contributed by atoms with E-state index in [0.29, 0.717) is 11.6 Å². The number of hydrogen-bond donors (Lipinski definition) is 1. The van der Waals surface area contributed by atoms with Crippen LogP contribution in [0, 0.1) is 10.1 Å². The second kappa shape index (κ2) is 5.35. The fourth-order valence-corrected chi connectivity index (χ4v) is 2.97. The Labute approximate surface area is 133 Å². The van der Waals surface area contributed by atoms with Crippen LogP contribution in [0.15, 0.2) is 54.7 Å². The highest BCUT2D eigenvalue weighted by atomic mass is 16.6. The average molecular weight is 305 g/mol. The van der Waals surface area contributed by atoms with E-state index in [2.05, 4.69) is 22.4 Å². The summed E-state index contributed by atoms with van der Waals surface area (Å²) < 4.78 is 0. The summed E-state index contributed by atoms with van der Waals surface area (Å²) in [6.45, 7) is 0. The molecule has 1 aliphatic rings. The van der Waals surface area contributed by atoms with Gasteiger partial charge in [-0.2, -0.15) is 0 Å². The molecular weight excluding hydrogens is 290 g/mol. The third-order valence-corrected chi connectivity index (χ3v) is 4.20. The lowest BCUT2D eigenvalue weighted by atomic mass is 9.99. The number of fused-ring (bicyclic) bond motifs is 1. The number of pyridine rings is 1. The number of benzene rings is 2. The van der Waals surface area contributed by atoms with Crippen molar-refractivity contribution < 1.29 is 4.92 Å². The summed E-state index contributed by atoms with van der Waals surface area (Å²) in [6.07, 6.45) is 3.91. The maximum Gasteiger partial charge on any atom is 0.387 e. The highest BCUT2D eigenvalue weighted by Gasteiger charge is 2.25. The van der Waals surface area contributed by atoms with Gasteiger partial charge in [0.25, 0.3) is 0 Å². The van der Waals surface area contributed by atoms with E-state index < -0.39 is 4.92 Å². The first kappa shape index (κ1) is 13.7. The predicted octanol–water partition coefficient (Wildman–Crippen LogP) is 4.76. The molecule has 0 radical (unpaired) electrons. The highest BCUT2D eigenvalue weighted by Crippen LogP contribution is 2.44. The zero-order chi connectivity index (χ0) is 15.8. The Morgan fingerprint density at radius 3 is 2.52 bits per heavy atom. The standard InChI is InChI=1S/C18H15N3O2/c22-21(23)18-17(6-3-11-19-18)20-16-10-9-13(12-7-8-12)14-4-1-2-5-15(14)16/h1-6,9-12,20H,7-8H2. The molecule has 0 atom stereocenters. The van der Waals surface area contributed by atoms with Crippen LogP contribution < -0.4 is 5.32 Å². The van der Waals surface area contributed by atoms with Gasteiger partial charge in [-0.15, -0.1) is 0 Å². The maximum absolute atomic E-state index is 11.1. The van der Waals surface area contributed by atoms with Gasteiger partial charge in [0.2, 0.25) is 0 Å². The Bertz CT molecular complexity index is 904. The van der Waals surface area contributed by atoms with Crippen molar-refractivity contribution in [2.24, 2.45) is 0 Å². The van der Waals surface area contributed by atoms with Crippen molar-refractivity contribution in [1.82, 2.24) is 4.98 Å². The number of aromatic nitrogens is 1. The van der Waals surface area contributed by atoms with Gasteiger partial charge in [0, 0.05) is 11.1 Å². The fourth-order valence-electron chi connectivity index (χ4n) is 2.97. The van der Waals surface area contributed by atoms with Crippen molar-refractivity contribution in [2.45, 2.75) is 18.8 Å². The summed E-state index contributed by atoms with van der Waals surface area (Å²) in [5.41, 5.74) is 2.63. The van der Waals surface area contributed by atoms with Gasteiger partial charge in [-0.25, -0.2) is 0 Å². The van der Waals surface area contributed by atoms with Crippen LogP contribution in [0.5, 0.6) is 0 Å². The molecule has 23 heavy (non-hydrogen) atoms. The molecule has 1 heterocycles. The van der Waals surface area contributed by atoms with E-state index in [-0.39, 0.29) is 5.82 Å². The van der Waals surface area contributed by atoms with Gasteiger partial charge in [-0.1, -0.05) is 30.3 Å². The van der Waals surface area contributed by atoms with Crippen LogP contribution in [-0.2, 0) is 0 Å². The summed E-state index contributed by atoms with van der Waals surface area (Å²) >= 11 is 0. The Balaban J connectivity index is 1.81. The second-order valence-electron chi connectivity index (χ2n) is 5.78. The third kappa shape index (κ3) is 2.50. The molecule has 1 N–H and O–H groups in total. The largest absolute Gasteiger partial charge is 0.387 e. The Kier molecular flexibility index (Phi) is 3.19. The van der Waals surface area contributed by atoms with Gasteiger partial charge in [-0.05, 0) is 57.8 Å². The molecular formula is C18H15N3O2. The molecule has 3 aromatic rings. The van der Waals surface area contributed by atoms with Crippen LogP contribution in [-0.4, -0.2) is 9.91 Å². The number of rotatable bonds is 4. The molecule has 5 nitrogen and oxygen atoms in total. The minimum atomic E-state index is -0.469. The molecule has 1 fully saturated rings. The van der Waals surface area contributed by atoms with E-state index >= 15 is 0 Å². The van der Waals surface area contributed by atoms with Crippen LogP contribution in [0.1, 0.15) is 24.3 Å². The molecule has 2 aromatic carbocycles. The van der Waals surface area contributed by atoms with Crippen LogP contribution in [0.2, 0.25) is 0 Å². The van der Waals surface area contributed by atoms with E-state index in [1.165, 1.54) is 30.0 Å². The van der Waals surface area contributed by atoms with Crippen molar-refractivity contribution in [2.75, 3.05) is 5.32 Å². The van der Waals surface area contributed by atoms with Crippen molar-refractivity contribution >= 4 is 28.0 Å². The average Bonchev–Trinajstić information content (AvgIpc) is 3.40. The molecule has 1 aromatic heterocycles. The summed E-state index contributed by atoms with van der Waals surface area (Å²) in [7, 11) is 0. The Hall–Kier alpha value is -2.95. The molecule has 0 saturated heterocycles. The molecule has 114 valence electrons. The lowest BCUT2D eigenvalue weighted by Crippen LogP contribution is -2.00. The van der Waals surface area contributed by atoms with Crippen molar-refractivity contribution in [3.05, 3.63) is 70.4 Å². The van der Waals surface area contributed by atoms with Gasteiger partial charge in [0.15, 0.2) is 0 Å². The number of hydrogen-bond acceptors (Lipinski definition) is 4. The molecule has 0 bridgehead atoms. The first-order chi connectivity index (χ1) is 11.2. The molecule has 0 amide bonds. The SMILES string of the molecule is O=[N+]([O-])c1ncccc1Nc1ccc(C2CC2)c2ccccc12. The number of nitro groups is 1. The minimum absolute atomic E-state index is 0.164. The lowest BCUT2D eigenvalue weighted by Gasteiger charge is -2.12. The van der Waals surface area contributed by atoms with E-state index in [1.807, 2.05) is 24.3 Å². The van der Waals surface area contributed by atoms with E-state index in [0.717, 1.165) is 11.1 Å². The van der Waals surface area contributed by atoms with Gasteiger partial charge < -0.3 is 15.4 Å². The first-order valence-electron chi connectivity index (χ1n) is 7.62. The van der Waals surface area contributed by atoms with Gasteiger partial charge >= 0.3 is 5.82 Å². The van der Waals surface area contributed by atoms with Crippen LogP contribution in [0.25, 0.3) is 10.8 Å². The zero-order valence-corrected chi connectivity index (χ0v) is 12.4. The first-order valence-corrected chi connectivity index (χ1v) is 7.62.